The molecule has 2 rings (SSSR count). The molecular formula is C13H18N2O3. The summed E-state index contributed by atoms with van der Waals surface area (Å²) in [5.41, 5.74) is 2.12. The minimum Gasteiger partial charge on any atom is -0.380 e. The van der Waals surface area contributed by atoms with Crippen LogP contribution in [0.25, 0.3) is 0 Å². The molecule has 0 aliphatic carbocycles. The summed E-state index contributed by atoms with van der Waals surface area (Å²) in [6.45, 7) is 7.06. The molecule has 1 aromatic rings. The van der Waals surface area contributed by atoms with Crippen LogP contribution in [0.15, 0.2) is 18.2 Å². The normalized spacial score (nSPS) is 17.2. The minimum atomic E-state index is -0.333. The van der Waals surface area contributed by atoms with Gasteiger partial charge >= 0.3 is 0 Å². The summed E-state index contributed by atoms with van der Waals surface area (Å²) < 4.78 is 5.19. The third-order valence-electron chi connectivity index (χ3n) is 3.38. The first-order valence-corrected chi connectivity index (χ1v) is 6.03. The van der Waals surface area contributed by atoms with Gasteiger partial charge in [0.2, 0.25) is 0 Å². The number of nitrogens with one attached hydrogen (secondary N) is 1. The fourth-order valence-corrected chi connectivity index (χ4v) is 2.11. The maximum absolute atomic E-state index is 10.8. The van der Waals surface area contributed by atoms with Crippen molar-refractivity contribution >= 4 is 5.69 Å². The molecule has 98 valence electrons. The molecule has 0 radical (unpaired) electrons. The van der Waals surface area contributed by atoms with E-state index in [1.54, 1.807) is 19.1 Å². The van der Waals surface area contributed by atoms with E-state index in [9.17, 15) is 10.1 Å². The van der Waals surface area contributed by atoms with Gasteiger partial charge in [0.05, 0.1) is 18.1 Å². The molecule has 1 saturated heterocycles. The highest BCUT2D eigenvalue weighted by Gasteiger charge is 2.32. The van der Waals surface area contributed by atoms with E-state index in [0.717, 1.165) is 30.9 Å². The molecule has 1 aromatic carbocycles. The van der Waals surface area contributed by atoms with Gasteiger partial charge in [-0.1, -0.05) is 19.1 Å². The Balaban J connectivity index is 1.97. The van der Waals surface area contributed by atoms with Crippen molar-refractivity contribution in [1.82, 2.24) is 5.32 Å². The average Bonchev–Trinajstić information content (AvgIpc) is 2.28. The summed E-state index contributed by atoms with van der Waals surface area (Å²) in [6, 6.07) is 5.20. The predicted molar refractivity (Wildman–Crippen MR) is 68.5 cm³/mol. The number of hydrogen-bond donors (Lipinski definition) is 1. The Labute approximate surface area is 106 Å². The smallest absolute Gasteiger partial charge is 0.272 e. The van der Waals surface area contributed by atoms with Crippen LogP contribution in [-0.2, 0) is 11.3 Å². The first-order valence-electron chi connectivity index (χ1n) is 6.03. The topological polar surface area (TPSA) is 64.4 Å². The van der Waals surface area contributed by atoms with Gasteiger partial charge in [0.15, 0.2) is 0 Å². The zero-order valence-electron chi connectivity index (χ0n) is 10.7. The fourth-order valence-electron chi connectivity index (χ4n) is 2.11. The lowest BCUT2D eigenvalue weighted by atomic mass is 9.88. The lowest BCUT2D eigenvalue weighted by Gasteiger charge is -2.38. The molecule has 0 aromatic heterocycles. The summed E-state index contributed by atoms with van der Waals surface area (Å²) in [4.78, 5) is 10.5. The van der Waals surface area contributed by atoms with Crippen LogP contribution >= 0.6 is 0 Å². The minimum absolute atomic E-state index is 0.187. The summed E-state index contributed by atoms with van der Waals surface area (Å²) in [7, 11) is 0. The Hall–Kier alpha value is -1.46. The number of rotatable bonds is 5. The highest BCUT2D eigenvalue weighted by Crippen LogP contribution is 2.26. The van der Waals surface area contributed by atoms with Gasteiger partial charge in [-0.3, -0.25) is 10.1 Å². The zero-order chi connectivity index (χ0) is 13.2. The second kappa shape index (κ2) is 5.04. The number of nitro benzene ring substituents is 1. The molecule has 5 heteroatoms. The molecular weight excluding hydrogens is 232 g/mol. The number of ether oxygens (including phenoxy) is 1. The average molecular weight is 250 g/mol. The second-order valence-electron chi connectivity index (χ2n) is 5.23. The van der Waals surface area contributed by atoms with E-state index in [0.29, 0.717) is 6.54 Å². The van der Waals surface area contributed by atoms with E-state index >= 15 is 0 Å². The first-order chi connectivity index (χ1) is 8.52. The number of hydrogen-bond acceptors (Lipinski definition) is 4. The van der Waals surface area contributed by atoms with E-state index in [-0.39, 0.29) is 16.0 Å². The van der Waals surface area contributed by atoms with E-state index in [4.69, 9.17) is 4.74 Å². The van der Waals surface area contributed by atoms with Crippen LogP contribution in [0.4, 0.5) is 5.69 Å². The van der Waals surface area contributed by atoms with Crippen LogP contribution in [0.3, 0.4) is 0 Å². The Morgan fingerprint density at radius 2 is 2.22 bits per heavy atom. The second-order valence-corrected chi connectivity index (χ2v) is 5.23. The Morgan fingerprint density at radius 3 is 2.78 bits per heavy atom. The molecule has 0 amide bonds. The van der Waals surface area contributed by atoms with Gasteiger partial charge in [-0.25, -0.2) is 0 Å². The molecule has 0 saturated carbocycles. The van der Waals surface area contributed by atoms with Crippen molar-refractivity contribution in [2.45, 2.75) is 20.4 Å². The van der Waals surface area contributed by atoms with E-state index in [1.807, 2.05) is 6.07 Å². The molecule has 0 bridgehead atoms. The van der Waals surface area contributed by atoms with Gasteiger partial charge in [-0.15, -0.1) is 0 Å². The van der Waals surface area contributed by atoms with Crippen molar-refractivity contribution in [3.05, 3.63) is 39.4 Å². The Bertz CT molecular complexity index is 456. The third kappa shape index (κ3) is 2.68. The zero-order valence-corrected chi connectivity index (χ0v) is 10.7. The molecule has 0 atom stereocenters. The van der Waals surface area contributed by atoms with E-state index in [1.165, 1.54) is 0 Å². The van der Waals surface area contributed by atoms with Crippen molar-refractivity contribution in [3.63, 3.8) is 0 Å². The molecule has 1 aliphatic rings. The van der Waals surface area contributed by atoms with Crippen LogP contribution in [-0.4, -0.2) is 24.7 Å². The number of nitrogens with zero attached hydrogens (tertiary/aromatic N) is 1. The van der Waals surface area contributed by atoms with Gasteiger partial charge in [-0.05, 0) is 12.5 Å². The van der Waals surface area contributed by atoms with Crippen molar-refractivity contribution in [3.8, 4) is 0 Å². The lowest BCUT2D eigenvalue weighted by molar-refractivity contribution is -0.385. The number of nitro groups is 1. The Morgan fingerprint density at radius 1 is 1.50 bits per heavy atom. The molecule has 1 fully saturated rings. The van der Waals surface area contributed by atoms with Gasteiger partial charge in [0.1, 0.15) is 0 Å². The van der Waals surface area contributed by atoms with Crippen molar-refractivity contribution < 1.29 is 9.66 Å². The van der Waals surface area contributed by atoms with Crippen molar-refractivity contribution in [1.29, 1.82) is 0 Å². The molecule has 18 heavy (non-hydrogen) atoms. The van der Waals surface area contributed by atoms with Crippen LogP contribution in [0.2, 0.25) is 0 Å². The molecule has 1 N–H and O–H groups in total. The van der Waals surface area contributed by atoms with Crippen LogP contribution in [0.5, 0.6) is 0 Å². The van der Waals surface area contributed by atoms with E-state index < -0.39 is 0 Å². The van der Waals surface area contributed by atoms with E-state index in [2.05, 4.69) is 12.2 Å². The molecule has 0 spiro atoms. The molecule has 1 heterocycles. The predicted octanol–water partition coefficient (Wildman–Crippen LogP) is 2.03. The quantitative estimate of drug-likeness (QED) is 0.641. The molecule has 0 unspecified atom stereocenters. The standard InChI is InChI=1S/C13H18N2O3/c1-10-11(4-3-5-12(10)15(16)17)6-14-7-13(2)8-18-9-13/h3-5,14H,6-9H2,1-2H3. The van der Waals surface area contributed by atoms with Gasteiger partial charge in [-0.2, -0.15) is 0 Å². The lowest BCUT2D eigenvalue weighted by Crippen LogP contribution is -2.47. The first kappa shape index (κ1) is 13.0. The SMILES string of the molecule is Cc1c(CNCC2(C)COC2)cccc1[N+](=O)[O-]. The van der Waals surface area contributed by atoms with Gasteiger partial charge in [0.25, 0.3) is 5.69 Å². The highest BCUT2D eigenvalue weighted by molar-refractivity contribution is 5.44. The third-order valence-corrected chi connectivity index (χ3v) is 3.38. The highest BCUT2D eigenvalue weighted by atomic mass is 16.6. The van der Waals surface area contributed by atoms with Crippen LogP contribution in [0, 0.1) is 22.5 Å². The number of benzene rings is 1. The largest absolute Gasteiger partial charge is 0.380 e. The maximum Gasteiger partial charge on any atom is 0.272 e. The maximum atomic E-state index is 10.8. The summed E-state index contributed by atoms with van der Waals surface area (Å²) in [6.07, 6.45) is 0. The summed E-state index contributed by atoms with van der Waals surface area (Å²) >= 11 is 0. The van der Waals surface area contributed by atoms with Crippen molar-refractivity contribution in [2.75, 3.05) is 19.8 Å². The Kier molecular flexibility index (Phi) is 3.63. The summed E-state index contributed by atoms with van der Waals surface area (Å²) in [5, 5.41) is 14.2. The van der Waals surface area contributed by atoms with Crippen LogP contribution in [0.1, 0.15) is 18.1 Å². The van der Waals surface area contributed by atoms with Crippen molar-refractivity contribution in [2.24, 2.45) is 5.41 Å². The monoisotopic (exact) mass is 250 g/mol. The summed E-state index contributed by atoms with van der Waals surface area (Å²) in [5.74, 6) is 0. The molecule has 1 aliphatic heterocycles. The van der Waals surface area contributed by atoms with Gasteiger partial charge < -0.3 is 10.1 Å². The van der Waals surface area contributed by atoms with Crippen LogP contribution < -0.4 is 5.32 Å². The van der Waals surface area contributed by atoms with Gasteiger partial charge in [0, 0.05) is 30.1 Å². The fraction of sp³-hybridized carbons (Fsp3) is 0.538. The molecule has 5 nitrogen and oxygen atoms in total.